The minimum Gasteiger partial charge on any atom is -0.368 e. The summed E-state index contributed by atoms with van der Waals surface area (Å²) in [6.07, 6.45) is -9.08. The van der Waals surface area contributed by atoms with E-state index in [1.165, 1.54) is 44.3 Å². The number of thiol groups is 1. The van der Waals surface area contributed by atoms with Gasteiger partial charge in [0.1, 0.15) is 5.82 Å². The number of hydrogen-bond donors (Lipinski definition) is 2. The van der Waals surface area contributed by atoms with Crippen molar-refractivity contribution in [3.05, 3.63) is 88.7 Å². The van der Waals surface area contributed by atoms with Gasteiger partial charge in [0, 0.05) is 51.1 Å². The Balaban J connectivity index is 1.48. The summed E-state index contributed by atoms with van der Waals surface area (Å²) in [6, 6.07) is 11.6. The Morgan fingerprint density at radius 2 is 1.43 bits per heavy atom. The lowest BCUT2D eigenvalue weighted by Gasteiger charge is -2.38. The summed E-state index contributed by atoms with van der Waals surface area (Å²) in [4.78, 5) is 16.5. The van der Waals surface area contributed by atoms with Crippen LogP contribution in [0, 0.1) is 5.82 Å². The number of piperazine rings is 1. The third-order valence-corrected chi connectivity index (χ3v) is 8.21. The number of anilines is 3. The van der Waals surface area contributed by atoms with E-state index in [9.17, 15) is 43.9 Å². The average molecular weight is 647 g/mol. The Bertz CT molecular complexity index is 1560. The molecule has 0 saturated carbocycles. The minimum atomic E-state index is -4.61. The number of rotatable bonds is 8. The van der Waals surface area contributed by atoms with Gasteiger partial charge in [0.2, 0.25) is 16.8 Å². The van der Waals surface area contributed by atoms with Gasteiger partial charge in [-0.1, -0.05) is 12.1 Å². The number of halogens is 7. The van der Waals surface area contributed by atoms with Crippen LogP contribution >= 0.6 is 0 Å². The lowest BCUT2D eigenvalue weighted by molar-refractivity contribution is -0.138. The molecule has 3 aromatic rings. The third kappa shape index (κ3) is 7.55. The zero-order valence-electron chi connectivity index (χ0n) is 23.5. The standard InChI is InChI=1S/C29H29F7N4O3S/c1-18(19-4-10-25(24(30)15-19)38(2)44(42)43)27(41)37-17-20-3-5-22(29(34,35)36)16-26(20)40-13-11-39(12-14-40)23-8-6-21(7-9-23)28(31,32)33/h3-10,15-16,18,44H,11-14,17H2,1-2H3,(H,37,41). The van der Waals surface area contributed by atoms with Crippen LogP contribution in [0.5, 0.6) is 0 Å². The number of amides is 1. The first-order valence-electron chi connectivity index (χ1n) is 13.4. The first-order chi connectivity index (χ1) is 20.6. The van der Waals surface area contributed by atoms with Crippen molar-refractivity contribution >= 4 is 33.9 Å². The van der Waals surface area contributed by atoms with Gasteiger partial charge in [-0.15, -0.1) is 0 Å². The molecule has 1 N–H and O–H groups in total. The molecule has 4 rings (SSSR count). The zero-order valence-corrected chi connectivity index (χ0v) is 24.4. The lowest BCUT2D eigenvalue weighted by atomic mass is 9.99. The van der Waals surface area contributed by atoms with E-state index >= 15 is 0 Å². The predicted octanol–water partition coefficient (Wildman–Crippen LogP) is 5.57. The summed E-state index contributed by atoms with van der Waals surface area (Å²) < 4.78 is 117. The van der Waals surface area contributed by atoms with Crippen LogP contribution in [0.2, 0.25) is 0 Å². The molecule has 1 heterocycles. The first-order valence-corrected chi connectivity index (χ1v) is 14.5. The number of nitrogens with one attached hydrogen (secondary N) is 1. The molecule has 1 aliphatic rings. The Morgan fingerprint density at radius 3 is 1.98 bits per heavy atom. The highest BCUT2D eigenvalue weighted by molar-refractivity contribution is 7.74. The number of nitrogens with zero attached hydrogens (tertiary/aromatic N) is 3. The summed E-state index contributed by atoms with van der Waals surface area (Å²) in [5.74, 6) is -2.24. The monoisotopic (exact) mass is 646 g/mol. The van der Waals surface area contributed by atoms with Crippen molar-refractivity contribution in [2.24, 2.45) is 0 Å². The molecule has 1 aliphatic heterocycles. The van der Waals surface area contributed by atoms with Crippen LogP contribution in [0.1, 0.15) is 35.1 Å². The summed E-state index contributed by atoms with van der Waals surface area (Å²) in [6.45, 7) is 2.60. The van der Waals surface area contributed by atoms with Crippen LogP contribution in [0.15, 0.2) is 60.7 Å². The van der Waals surface area contributed by atoms with Crippen molar-refractivity contribution < 1.29 is 43.9 Å². The van der Waals surface area contributed by atoms with Crippen LogP contribution in [0.25, 0.3) is 0 Å². The highest BCUT2D eigenvalue weighted by atomic mass is 32.2. The maximum atomic E-state index is 14.5. The predicted molar refractivity (Wildman–Crippen MR) is 153 cm³/mol. The van der Waals surface area contributed by atoms with Gasteiger partial charge >= 0.3 is 12.4 Å². The smallest absolute Gasteiger partial charge is 0.368 e. The summed E-state index contributed by atoms with van der Waals surface area (Å²) in [5.41, 5.74) is -0.357. The summed E-state index contributed by atoms with van der Waals surface area (Å²) in [7, 11) is -1.89. The maximum absolute atomic E-state index is 14.5. The SMILES string of the molecule is CC(C(=O)NCc1ccc(C(F)(F)F)cc1N1CCN(c2ccc(C(F)(F)F)cc2)CC1)c1ccc(N(C)[SH](=O)=O)c(F)c1. The van der Waals surface area contributed by atoms with E-state index in [4.69, 9.17) is 0 Å². The van der Waals surface area contributed by atoms with Crippen molar-refractivity contribution in [1.82, 2.24) is 5.32 Å². The number of hydrogen-bond acceptors (Lipinski definition) is 5. The molecule has 1 saturated heterocycles. The van der Waals surface area contributed by atoms with Gasteiger partial charge in [0.25, 0.3) is 0 Å². The van der Waals surface area contributed by atoms with Crippen molar-refractivity contribution in [2.45, 2.75) is 31.7 Å². The molecule has 0 aromatic heterocycles. The molecule has 0 aliphatic carbocycles. The molecule has 15 heteroatoms. The largest absolute Gasteiger partial charge is 0.416 e. The quantitative estimate of drug-likeness (QED) is 0.247. The van der Waals surface area contributed by atoms with Crippen molar-refractivity contribution in [2.75, 3.05) is 47.3 Å². The normalized spacial score (nSPS) is 15.0. The number of carbonyl (C=O) groups excluding carboxylic acids is 1. The van der Waals surface area contributed by atoms with E-state index < -0.39 is 52.0 Å². The van der Waals surface area contributed by atoms with Gasteiger partial charge in [0.05, 0.1) is 22.7 Å². The highest BCUT2D eigenvalue weighted by Crippen LogP contribution is 2.35. The van der Waals surface area contributed by atoms with E-state index in [1.807, 2.05) is 4.90 Å². The molecular formula is C29H29F7N4O3S. The summed E-state index contributed by atoms with van der Waals surface area (Å²) >= 11 is 0. The van der Waals surface area contributed by atoms with E-state index in [1.54, 1.807) is 4.90 Å². The van der Waals surface area contributed by atoms with Gasteiger partial charge in [0.15, 0.2) is 0 Å². The molecule has 1 unspecified atom stereocenters. The van der Waals surface area contributed by atoms with Gasteiger partial charge in [-0.05, 0) is 66.6 Å². The van der Waals surface area contributed by atoms with Crippen LogP contribution in [0.4, 0.5) is 47.8 Å². The molecule has 1 amide bonds. The average Bonchev–Trinajstić information content (AvgIpc) is 2.98. The fourth-order valence-corrected chi connectivity index (χ4v) is 5.22. The molecule has 238 valence electrons. The molecule has 3 aromatic carbocycles. The highest BCUT2D eigenvalue weighted by Gasteiger charge is 2.33. The molecule has 0 bridgehead atoms. The van der Waals surface area contributed by atoms with Crippen LogP contribution < -0.4 is 19.4 Å². The molecule has 7 nitrogen and oxygen atoms in total. The van der Waals surface area contributed by atoms with Crippen LogP contribution in [-0.2, 0) is 34.6 Å². The van der Waals surface area contributed by atoms with Crippen molar-refractivity contribution in [1.29, 1.82) is 0 Å². The third-order valence-electron chi connectivity index (χ3n) is 7.50. The van der Waals surface area contributed by atoms with Crippen LogP contribution in [0.3, 0.4) is 0 Å². The Labute approximate surface area is 250 Å². The molecule has 44 heavy (non-hydrogen) atoms. The second kappa shape index (κ2) is 12.9. The van der Waals surface area contributed by atoms with E-state index in [0.29, 0.717) is 24.3 Å². The lowest BCUT2D eigenvalue weighted by Crippen LogP contribution is -2.47. The second-order valence-electron chi connectivity index (χ2n) is 10.3. The Hall–Kier alpha value is -4.01. The fraction of sp³-hybridized carbons (Fsp3) is 0.345. The number of carbonyl (C=O) groups is 1. The van der Waals surface area contributed by atoms with Gasteiger partial charge < -0.3 is 15.1 Å². The van der Waals surface area contributed by atoms with Gasteiger partial charge in [-0.25, -0.2) is 12.8 Å². The molecule has 1 fully saturated rings. The fourth-order valence-electron chi connectivity index (χ4n) is 4.88. The molecule has 1 atom stereocenters. The maximum Gasteiger partial charge on any atom is 0.416 e. The first kappa shape index (κ1) is 32.9. The van der Waals surface area contributed by atoms with Gasteiger partial charge in [-0.2, -0.15) is 26.3 Å². The molecule has 0 radical (unpaired) electrons. The minimum absolute atomic E-state index is 0.129. The van der Waals surface area contributed by atoms with E-state index in [-0.39, 0.29) is 36.6 Å². The zero-order chi connectivity index (χ0) is 32.4. The van der Waals surface area contributed by atoms with Crippen LogP contribution in [-0.4, -0.2) is 47.6 Å². The van der Waals surface area contributed by atoms with Crippen molar-refractivity contribution in [3.63, 3.8) is 0 Å². The molecule has 0 spiro atoms. The number of benzene rings is 3. The summed E-state index contributed by atoms with van der Waals surface area (Å²) in [5, 5.41) is 2.68. The van der Waals surface area contributed by atoms with Gasteiger partial charge in [-0.3, -0.25) is 9.10 Å². The topological polar surface area (TPSA) is 73.0 Å². The molecular weight excluding hydrogens is 617 g/mol. The van der Waals surface area contributed by atoms with E-state index in [2.05, 4.69) is 5.32 Å². The van der Waals surface area contributed by atoms with E-state index in [0.717, 1.165) is 34.6 Å². The number of alkyl halides is 6. The second-order valence-corrected chi connectivity index (χ2v) is 11.3. The Kier molecular flexibility index (Phi) is 9.66. The van der Waals surface area contributed by atoms with Crippen molar-refractivity contribution in [3.8, 4) is 0 Å². The Morgan fingerprint density at radius 1 is 0.864 bits per heavy atom.